The zero-order valence-corrected chi connectivity index (χ0v) is 25.6. The largest absolute Gasteiger partial charge is 0.477 e. The van der Waals surface area contributed by atoms with Crippen LogP contribution in [0.1, 0.15) is 24.5 Å². The maximum absolute atomic E-state index is 13.1. The lowest BCUT2D eigenvalue weighted by Gasteiger charge is -2.49. The van der Waals surface area contributed by atoms with Gasteiger partial charge in [0.1, 0.15) is 17.1 Å². The molecule has 3 unspecified atom stereocenters. The van der Waals surface area contributed by atoms with Gasteiger partial charge in [0.15, 0.2) is 11.0 Å². The number of β-lactam (4-membered cyclic amide) rings is 1. The average molecular weight is 654 g/mol. The highest BCUT2D eigenvalue weighted by Gasteiger charge is 2.55. The van der Waals surface area contributed by atoms with Crippen molar-refractivity contribution in [1.82, 2.24) is 35.2 Å². The van der Waals surface area contributed by atoms with Crippen molar-refractivity contribution in [3.05, 3.63) is 45.4 Å². The van der Waals surface area contributed by atoms with Crippen LogP contribution in [0, 0.1) is 4.91 Å². The Bertz CT molecular complexity index is 1410. The molecule has 3 amide bonds. The van der Waals surface area contributed by atoms with Gasteiger partial charge in [-0.25, -0.2) is 9.78 Å². The maximum Gasteiger partial charge on any atom is 0.353 e. The van der Waals surface area contributed by atoms with Crippen LogP contribution in [-0.2, 0) is 24.9 Å². The quantitative estimate of drug-likeness (QED) is 0.108. The molecule has 2 aromatic rings. The number of nitrogens with two attached hydrogens (primary N) is 1. The van der Waals surface area contributed by atoms with Crippen LogP contribution in [0.5, 0.6) is 0 Å². The fourth-order valence-electron chi connectivity index (χ4n) is 3.93. The number of aliphatic carboxylic acids is 1. The minimum absolute atomic E-state index is 0.0557. The number of nitrogen functional groups attached to an aromatic ring is 1. The number of pyridine rings is 1. The van der Waals surface area contributed by atoms with Gasteiger partial charge in [0.05, 0.1) is 11.7 Å². The highest BCUT2D eigenvalue weighted by atomic mass is 32.2. The number of likely N-dealkylation sites (N-methyl/N-ethyl adjacent to an activating group) is 1. The molecule has 6 N–H and O–H groups in total. The van der Waals surface area contributed by atoms with E-state index in [1.807, 2.05) is 6.07 Å². The number of nitroso groups, excluding NO2 is 1. The van der Waals surface area contributed by atoms with Crippen molar-refractivity contribution < 1.29 is 24.3 Å². The molecule has 2 aliphatic rings. The van der Waals surface area contributed by atoms with Crippen molar-refractivity contribution in [3.63, 3.8) is 0 Å². The molecule has 0 aromatic carbocycles. The number of carboxylic acids is 1. The van der Waals surface area contributed by atoms with Crippen LogP contribution in [0.3, 0.4) is 0 Å². The van der Waals surface area contributed by atoms with Crippen molar-refractivity contribution in [1.29, 1.82) is 0 Å². The van der Waals surface area contributed by atoms with Crippen LogP contribution in [0.2, 0.25) is 0 Å². The van der Waals surface area contributed by atoms with Gasteiger partial charge in [-0.3, -0.25) is 24.3 Å². The first-order valence-corrected chi connectivity index (χ1v) is 16.2. The molecule has 15 nitrogen and oxygen atoms in total. The molecule has 2 aliphatic heterocycles. The average Bonchev–Trinajstić information content (AvgIpc) is 3.41. The van der Waals surface area contributed by atoms with Crippen LogP contribution in [0.4, 0.5) is 5.13 Å². The number of rotatable bonds is 14. The van der Waals surface area contributed by atoms with Gasteiger partial charge in [0.2, 0.25) is 11.9 Å². The van der Waals surface area contributed by atoms with Gasteiger partial charge in [-0.1, -0.05) is 11.8 Å². The van der Waals surface area contributed by atoms with Gasteiger partial charge < -0.3 is 26.8 Å². The van der Waals surface area contributed by atoms with Crippen LogP contribution < -0.4 is 21.7 Å². The molecule has 42 heavy (non-hydrogen) atoms. The fourth-order valence-corrected chi connectivity index (χ4v) is 7.87. The van der Waals surface area contributed by atoms with Gasteiger partial charge in [-0.05, 0) is 31.3 Å². The second kappa shape index (κ2) is 14.3. The number of carbonyl (C=O) groups excluding carboxylic acids is 3. The molecular formula is C23H27N9O6S4. The highest BCUT2D eigenvalue weighted by Crippen LogP contribution is 2.45. The lowest BCUT2D eigenvalue weighted by atomic mass is 10.0. The fraction of sp³-hybridized carbons (Fsp3) is 0.435. The van der Waals surface area contributed by atoms with E-state index in [4.69, 9.17) is 5.73 Å². The molecule has 4 atom stereocenters. The number of nitrogens with zero attached hydrogens (tertiary/aromatic N) is 5. The molecule has 1 fully saturated rings. The number of nitrogens with one attached hydrogen (secondary N) is 3. The molecule has 19 heteroatoms. The molecule has 4 heterocycles. The zero-order chi connectivity index (χ0) is 30.4. The van der Waals surface area contributed by atoms with Crippen LogP contribution in [0.15, 0.2) is 39.0 Å². The van der Waals surface area contributed by atoms with E-state index in [-0.39, 0.29) is 34.4 Å². The minimum Gasteiger partial charge on any atom is -0.477 e. The normalized spacial score (nSPS) is 19.4. The van der Waals surface area contributed by atoms with E-state index in [1.165, 1.54) is 23.5 Å². The number of anilines is 1. The van der Waals surface area contributed by atoms with Crippen molar-refractivity contribution in [2.45, 2.75) is 41.1 Å². The molecule has 0 bridgehead atoms. The molecule has 224 valence electrons. The molecule has 2 aromatic heterocycles. The van der Waals surface area contributed by atoms with Gasteiger partial charge in [-0.2, -0.15) is 16.1 Å². The number of fused-ring (bicyclic) bond motifs is 1. The van der Waals surface area contributed by atoms with E-state index in [1.54, 1.807) is 38.0 Å². The summed E-state index contributed by atoms with van der Waals surface area (Å²) in [7, 11) is 1.71. The van der Waals surface area contributed by atoms with Crippen molar-refractivity contribution in [2.75, 3.05) is 30.8 Å². The van der Waals surface area contributed by atoms with E-state index in [2.05, 4.69) is 35.5 Å². The van der Waals surface area contributed by atoms with E-state index in [0.717, 1.165) is 27.0 Å². The van der Waals surface area contributed by atoms with Gasteiger partial charge >= 0.3 is 5.97 Å². The monoisotopic (exact) mass is 653 g/mol. The minimum atomic E-state index is -1.59. The first-order chi connectivity index (χ1) is 20.2. The van der Waals surface area contributed by atoms with E-state index >= 15 is 0 Å². The van der Waals surface area contributed by atoms with Crippen LogP contribution >= 0.6 is 46.8 Å². The maximum atomic E-state index is 13.1. The lowest BCUT2D eigenvalue weighted by Crippen LogP contribution is -2.70. The van der Waals surface area contributed by atoms with E-state index < -0.39 is 35.2 Å². The summed E-state index contributed by atoms with van der Waals surface area (Å²) in [6.07, 6.45) is 1.65. The third-order valence-electron chi connectivity index (χ3n) is 6.18. The smallest absolute Gasteiger partial charge is 0.353 e. The first kappa shape index (κ1) is 31.7. The Hall–Kier alpha value is -3.26. The molecule has 0 saturated carbocycles. The summed E-state index contributed by atoms with van der Waals surface area (Å²) < 4.78 is 3.83. The number of aromatic nitrogens is 3. The molecule has 0 aliphatic carbocycles. The summed E-state index contributed by atoms with van der Waals surface area (Å²) in [5.41, 5.74) is 6.10. The second-order valence-electron chi connectivity index (χ2n) is 8.88. The Morgan fingerprint density at radius 2 is 2.12 bits per heavy atom. The summed E-state index contributed by atoms with van der Waals surface area (Å²) in [5, 5.41) is 20.4. The Labute approximate surface area is 256 Å². The summed E-state index contributed by atoms with van der Waals surface area (Å²) >= 11 is 4.89. The number of hydrogen-bond acceptors (Lipinski definition) is 15. The predicted octanol–water partition coefficient (Wildman–Crippen LogP) is 0.769. The van der Waals surface area contributed by atoms with Crippen molar-refractivity contribution in [2.24, 2.45) is 5.18 Å². The Balaban J connectivity index is 1.41. The second-order valence-corrected chi connectivity index (χ2v) is 13.0. The van der Waals surface area contributed by atoms with Crippen molar-refractivity contribution >= 4 is 75.6 Å². The zero-order valence-electron chi connectivity index (χ0n) is 22.3. The summed E-state index contributed by atoms with van der Waals surface area (Å²) in [5.74, 6) is -1.57. The Morgan fingerprint density at radius 1 is 1.33 bits per heavy atom. The summed E-state index contributed by atoms with van der Waals surface area (Å²) in [4.78, 5) is 71.9. The number of carboxylic acid groups (broad SMARTS) is 1. The Morgan fingerprint density at radius 3 is 2.79 bits per heavy atom. The molecule has 0 spiro atoms. The molecule has 1 saturated heterocycles. The van der Waals surface area contributed by atoms with E-state index in [9.17, 15) is 29.2 Å². The third kappa shape index (κ3) is 7.02. The van der Waals surface area contributed by atoms with Gasteiger partial charge in [0.25, 0.3) is 11.8 Å². The molecule has 0 radical (unpaired) electrons. The van der Waals surface area contributed by atoms with Crippen molar-refractivity contribution in [3.8, 4) is 0 Å². The SMILES string of the molecule is CN[C@@H](C)C(=O)NCCSCc1ncccc1SC1=C(C(=O)O)N2C(=O)C(NC(=O)C(N=O)c3nsc(N)n3)C2SC1. The van der Waals surface area contributed by atoms with Crippen LogP contribution in [-0.4, -0.2) is 90.6 Å². The third-order valence-corrected chi connectivity index (χ3v) is 10.3. The number of carbonyl (C=O) groups is 4. The van der Waals surface area contributed by atoms with Gasteiger partial charge in [-0.15, -0.1) is 16.7 Å². The first-order valence-electron chi connectivity index (χ1n) is 12.4. The lowest BCUT2D eigenvalue weighted by molar-refractivity contribution is -0.150. The molecule has 4 rings (SSSR count). The van der Waals surface area contributed by atoms with E-state index in [0.29, 0.717) is 23.0 Å². The van der Waals surface area contributed by atoms with Crippen LogP contribution in [0.25, 0.3) is 0 Å². The topological polar surface area (TPSA) is 222 Å². The molecular weight excluding hydrogens is 627 g/mol. The predicted molar refractivity (Wildman–Crippen MR) is 160 cm³/mol. The number of thioether (sulfide) groups is 3. The Kier molecular flexibility index (Phi) is 10.8. The number of amides is 3. The highest BCUT2D eigenvalue weighted by molar-refractivity contribution is 8.06. The number of hydrogen-bond donors (Lipinski definition) is 5. The summed E-state index contributed by atoms with van der Waals surface area (Å²) in [6.45, 7) is 2.26. The van der Waals surface area contributed by atoms with Gasteiger partial charge in [0, 0.05) is 51.3 Å². The standard InChI is InChI=1S/C23H27N9O6S4/c1-10(25-2)18(33)27-6-7-39-8-11-12(4-3-5-26-11)41-13-9-40-21-15(20(35)32(21)16(13)22(36)37)28-19(34)14(30-38)17-29-23(24)42-31-17/h3-5,10,14-15,21,25H,6-9H2,1-2H3,(H,27,33)(H,28,34)(H,36,37)(H2,24,29,31)/t10-,14?,15?,21?/m0/s1. The summed E-state index contributed by atoms with van der Waals surface area (Å²) in [6, 6.07) is 0.655.